The highest BCUT2D eigenvalue weighted by molar-refractivity contribution is 6.36. The molecular weight excluding hydrogens is 237 g/mol. The van der Waals surface area contributed by atoms with Crippen LogP contribution in [0.1, 0.15) is 24.1 Å². The van der Waals surface area contributed by atoms with Crippen LogP contribution in [0, 0.1) is 0 Å². The minimum atomic E-state index is -0.337. The van der Waals surface area contributed by atoms with Crippen molar-refractivity contribution in [1.82, 2.24) is 5.32 Å². The molecule has 0 aromatic heterocycles. The Morgan fingerprint density at radius 1 is 1.20 bits per heavy atom. The van der Waals surface area contributed by atoms with Crippen LogP contribution in [-0.2, 0) is 6.42 Å². The average molecular weight is 248 g/mol. The number of rotatable bonds is 0. The summed E-state index contributed by atoms with van der Waals surface area (Å²) >= 11 is 11.9. The molecule has 82 valence electrons. The lowest BCUT2D eigenvalue weighted by Gasteiger charge is -2.26. The van der Waals surface area contributed by atoms with Crippen LogP contribution in [0.15, 0.2) is 0 Å². The van der Waals surface area contributed by atoms with Crippen LogP contribution in [0.2, 0.25) is 10.0 Å². The highest BCUT2D eigenvalue weighted by Crippen LogP contribution is 2.47. The van der Waals surface area contributed by atoms with Crippen molar-refractivity contribution >= 4 is 23.2 Å². The first-order valence-corrected chi connectivity index (χ1v) is 5.44. The minimum Gasteiger partial charge on any atom is -0.503 e. The minimum absolute atomic E-state index is 0.0326. The largest absolute Gasteiger partial charge is 0.503 e. The third-order valence-electron chi connectivity index (χ3n) is 2.73. The summed E-state index contributed by atoms with van der Waals surface area (Å²) in [6.45, 7) is 2.73. The zero-order valence-electron chi connectivity index (χ0n) is 8.14. The number of fused-ring (bicyclic) bond motifs is 1. The Bertz CT molecular complexity index is 421. The maximum Gasteiger partial charge on any atom is 0.178 e. The van der Waals surface area contributed by atoms with Crippen molar-refractivity contribution in [2.24, 2.45) is 0 Å². The molecule has 0 saturated carbocycles. The van der Waals surface area contributed by atoms with E-state index in [4.69, 9.17) is 23.2 Å². The molecule has 0 spiro atoms. The Morgan fingerprint density at radius 2 is 1.80 bits per heavy atom. The van der Waals surface area contributed by atoms with E-state index in [2.05, 4.69) is 5.32 Å². The highest BCUT2D eigenvalue weighted by Gasteiger charge is 2.26. The molecule has 0 bridgehead atoms. The molecule has 1 aromatic carbocycles. The van der Waals surface area contributed by atoms with Crippen molar-refractivity contribution in [3.63, 3.8) is 0 Å². The van der Waals surface area contributed by atoms with Gasteiger partial charge >= 0.3 is 0 Å². The number of hydrogen-bond donors (Lipinski definition) is 3. The van der Waals surface area contributed by atoms with Crippen molar-refractivity contribution in [3.8, 4) is 11.5 Å². The van der Waals surface area contributed by atoms with Crippen molar-refractivity contribution in [2.45, 2.75) is 19.4 Å². The summed E-state index contributed by atoms with van der Waals surface area (Å²) in [5.41, 5.74) is 1.60. The lowest BCUT2D eigenvalue weighted by Crippen LogP contribution is -2.28. The van der Waals surface area contributed by atoms with E-state index >= 15 is 0 Å². The zero-order chi connectivity index (χ0) is 11.2. The highest BCUT2D eigenvalue weighted by atomic mass is 35.5. The molecule has 0 aliphatic carbocycles. The van der Waals surface area contributed by atoms with Gasteiger partial charge in [-0.25, -0.2) is 0 Å². The first-order chi connectivity index (χ1) is 7.04. The predicted octanol–water partition coefficient (Wildman–Crippen LogP) is 2.61. The number of halogens is 2. The van der Waals surface area contributed by atoms with Crippen LogP contribution in [0.5, 0.6) is 11.5 Å². The molecule has 1 aliphatic rings. The van der Waals surface area contributed by atoms with E-state index in [9.17, 15) is 10.2 Å². The van der Waals surface area contributed by atoms with E-state index < -0.39 is 0 Å². The lowest BCUT2D eigenvalue weighted by molar-refractivity contribution is 0.400. The van der Waals surface area contributed by atoms with Crippen molar-refractivity contribution in [3.05, 3.63) is 21.2 Å². The zero-order valence-corrected chi connectivity index (χ0v) is 9.65. The Labute approximate surface area is 97.6 Å². The summed E-state index contributed by atoms with van der Waals surface area (Å²) in [6, 6.07) is 0.0326. The smallest absolute Gasteiger partial charge is 0.178 e. The molecule has 0 radical (unpaired) electrons. The fourth-order valence-corrected chi connectivity index (χ4v) is 2.59. The van der Waals surface area contributed by atoms with Crippen LogP contribution in [0.3, 0.4) is 0 Å². The molecule has 1 heterocycles. The third kappa shape index (κ3) is 1.55. The number of aromatic hydroxyl groups is 2. The normalized spacial score (nSPS) is 20.1. The second kappa shape index (κ2) is 3.74. The maximum absolute atomic E-state index is 9.57. The van der Waals surface area contributed by atoms with Gasteiger partial charge in [0.05, 0.1) is 10.0 Å². The number of hydrogen-bond acceptors (Lipinski definition) is 3. The molecule has 1 atom stereocenters. The van der Waals surface area contributed by atoms with E-state index in [1.54, 1.807) is 0 Å². The number of phenolic OH excluding ortho intramolecular Hbond substituents is 2. The second-order valence-electron chi connectivity index (χ2n) is 3.64. The first kappa shape index (κ1) is 10.9. The predicted molar refractivity (Wildman–Crippen MR) is 59.9 cm³/mol. The molecule has 0 saturated heterocycles. The van der Waals surface area contributed by atoms with Gasteiger partial charge < -0.3 is 15.5 Å². The molecule has 0 amide bonds. The monoisotopic (exact) mass is 247 g/mol. The van der Waals surface area contributed by atoms with Gasteiger partial charge in [0.1, 0.15) is 0 Å². The summed E-state index contributed by atoms with van der Waals surface area (Å²) in [6.07, 6.45) is 0.700. The Balaban J connectivity index is 2.74. The van der Waals surface area contributed by atoms with Gasteiger partial charge in [-0.1, -0.05) is 23.2 Å². The van der Waals surface area contributed by atoms with Gasteiger partial charge in [0, 0.05) is 6.04 Å². The fourth-order valence-electron chi connectivity index (χ4n) is 1.94. The summed E-state index contributed by atoms with van der Waals surface area (Å²) in [5, 5.41) is 22.7. The number of nitrogens with one attached hydrogen (secondary N) is 1. The molecular formula is C10H11Cl2NO2. The Morgan fingerprint density at radius 3 is 2.47 bits per heavy atom. The molecule has 3 N–H and O–H groups in total. The van der Waals surface area contributed by atoms with E-state index in [0.29, 0.717) is 6.42 Å². The summed E-state index contributed by atoms with van der Waals surface area (Å²) < 4.78 is 0. The SMILES string of the molecule is CC1NCCc2c(Cl)c(O)c(O)c(Cl)c21. The van der Waals surface area contributed by atoms with Gasteiger partial charge in [0.2, 0.25) is 0 Å². The van der Waals surface area contributed by atoms with Crippen LogP contribution >= 0.6 is 23.2 Å². The molecule has 0 fully saturated rings. The third-order valence-corrected chi connectivity index (χ3v) is 3.51. The van der Waals surface area contributed by atoms with E-state index in [1.165, 1.54) is 0 Å². The van der Waals surface area contributed by atoms with Crippen LogP contribution < -0.4 is 5.32 Å². The molecule has 15 heavy (non-hydrogen) atoms. The molecule has 1 unspecified atom stereocenters. The van der Waals surface area contributed by atoms with Crippen LogP contribution in [0.25, 0.3) is 0 Å². The van der Waals surface area contributed by atoms with Gasteiger partial charge in [0.15, 0.2) is 11.5 Å². The first-order valence-electron chi connectivity index (χ1n) is 4.69. The number of phenols is 2. The summed E-state index contributed by atoms with van der Waals surface area (Å²) in [5.74, 6) is -0.662. The molecule has 3 nitrogen and oxygen atoms in total. The topological polar surface area (TPSA) is 52.5 Å². The van der Waals surface area contributed by atoms with E-state index in [0.717, 1.165) is 17.7 Å². The van der Waals surface area contributed by atoms with Gasteiger partial charge in [-0.05, 0) is 31.0 Å². The van der Waals surface area contributed by atoms with Crippen molar-refractivity contribution in [1.29, 1.82) is 0 Å². The number of benzene rings is 1. The fraction of sp³-hybridized carbons (Fsp3) is 0.400. The van der Waals surface area contributed by atoms with E-state index in [1.807, 2.05) is 6.92 Å². The molecule has 2 rings (SSSR count). The maximum atomic E-state index is 9.57. The van der Waals surface area contributed by atoms with E-state index in [-0.39, 0.29) is 27.6 Å². The summed E-state index contributed by atoms with van der Waals surface area (Å²) in [7, 11) is 0. The Kier molecular flexibility index (Phi) is 2.71. The van der Waals surface area contributed by atoms with Gasteiger partial charge in [-0.3, -0.25) is 0 Å². The quantitative estimate of drug-likeness (QED) is 0.618. The van der Waals surface area contributed by atoms with Crippen LogP contribution in [-0.4, -0.2) is 16.8 Å². The van der Waals surface area contributed by atoms with Crippen LogP contribution in [0.4, 0.5) is 0 Å². The van der Waals surface area contributed by atoms with Crippen molar-refractivity contribution < 1.29 is 10.2 Å². The van der Waals surface area contributed by atoms with Gasteiger partial charge in [-0.15, -0.1) is 0 Å². The van der Waals surface area contributed by atoms with Gasteiger partial charge in [-0.2, -0.15) is 0 Å². The second-order valence-corrected chi connectivity index (χ2v) is 4.40. The lowest BCUT2D eigenvalue weighted by atomic mass is 9.94. The molecule has 5 heteroatoms. The average Bonchev–Trinajstić information content (AvgIpc) is 2.23. The van der Waals surface area contributed by atoms with Crippen molar-refractivity contribution in [2.75, 3.05) is 6.54 Å². The van der Waals surface area contributed by atoms with Gasteiger partial charge in [0.25, 0.3) is 0 Å². The molecule has 1 aromatic rings. The Hall–Kier alpha value is -0.640. The molecule has 1 aliphatic heterocycles. The standard InChI is InChI=1S/C10H11Cl2NO2/c1-4-6-5(2-3-13-4)7(11)9(14)10(15)8(6)12/h4,13-15H,2-3H2,1H3. The summed E-state index contributed by atoms with van der Waals surface area (Å²) in [4.78, 5) is 0.